The van der Waals surface area contributed by atoms with Gasteiger partial charge in [0.15, 0.2) is 5.96 Å². The summed E-state index contributed by atoms with van der Waals surface area (Å²) < 4.78 is 0. The first kappa shape index (κ1) is 51.9. The van der Waals surface area contributed by atoms with Gasteiger partial charge in [-0.25, -0.2) is 4.79 Å². The number of nitrogens with zero attached hydrogens (tertiary/aromatic N) is 1. The number of nitrogens with one attached hydrogen (secondary N) is 7. The van der Waals surface area contributed by atoms with E-state index < -0.39 is 102 Å². The van der Waals surface area contributed by atoms with Crippen molar-refractivity contribution in [3.05, 3.63) is 0 Å². The fourth-order valence-corrected chi connectivity index (χ4v) is 5.31. The molecule has 0 radical (unpaired) electrons. The van der Waals surface area contributed by atoms with Gasteiger partial charge in [0.2, 0.25) is 41.4 Å². The number of aliphatic carboxylic acids is 1. The highest BCUT2D eigenvalue weighted by molar-refractivity contribution is 5.96. The van der Waals surface area contributed by atoms with E-state index in [0.29, 0.717) is 6.42 Å². The summed E-state index contributed by atoms with van der Waals surface area (Å²) in [7, 11) is 0. The summed E-state index contributed by atoms with van der Waals surface area (Å²) in [5, 5.41) is 37.0. The maximum atomic E-state index is 13.3. The number of carboxylic acids is 1. The van der Waals surface area contributed by atoms with Crippen molar-refractivity contribution in [3.63, 3.8) is 0 Å². The summed E-state index contributed by atoms with van der Waals surface area (Å²) in [5.41, 5.74) is 16.4. The minimum Gasteiger partial charge on any atom is -0.480 e. The van der Waals surface area contributed by atoms with Crippen molar-refractivity contribution in [3.8, 4) is 0 Å². The molecule has 15 N–H and O–H groups in total. The van der Waals surface area contributed by atoms with E-state index in [2.05, 4.69) is 42.2 Å². The summed E-state index contributed by atoms with van der Waals surface area (Å²) >= 11 is 0. The van der Waals surface area contributed by atoms with Gasteiger partial charge >= 0.3 is 5.97 Å². The molecule has 0 bridgehead atoms. The van der Waals surface area contributed by atoms with Gasteiger partial charge in [-0.15, -0.1) is 0 Å². The van der Waals surface area contributed by atoms with E-state index in [0.717, 1.165) is 0 Å². The smallest absolute Gasteiger partial charge is 0.326 e. The van der Waals surface area contributed by atoms with Crippen molar-refractivity contribution in [1.29, 1.82) is 0 Å². The number of aliphatic imine (C=N–C) groups is 1. The lowest BCUT2D eigenvalue weighted by molar-refractivity contribution is -0.143. The number of amides is 7. The molecule has 0 aliphatic carbocycles. The Hall–Kier alpha value is -5.05. The van der Waals surface area contributed by atoms with Crippen molar-refractivity contribution in [2.24, 2.45) is 39.9 Å². The van der Waals surface area contributed by atoms with Crippen LogP contribution in [-0.2, 0) is 38.4 Å². The zero-order valence-electron chi connectivity index (χ0n) is 34.6. The lowest BCUT2D eigenvalue weighted by Gasteiger charge is -2.26. The van der Waals surface area contributed by atoms with Gasteiger partial charge in [0.1, 0.15) is 36.3 Å². The molecule has 0 heterocycles. The molecule has 0 saturated carbocycles. The summed E-state index contributed by atoms with van der Waals surface area (Å²) in [4.78, 5) is 107. The molecule has 0 spiro atoms. The third kappa shape index (κ3) is 21.7. The van der Waals surface area contributed by atoms with E-state index in [4.69, 9.17) is 17.2 Å². The van der Waals surface area contributed by atoms with Gasteiger partial charge in [-0.05, 0) is 70.6 Å². The highest BCUT2D eigenvalue weighted by atomic mass is 16.4. The van der Waals surface area contributed by atoms with Gasteiger partial charge < -0.3 is 64.6 Å². The number of carbonyl (C=O) groups excluding carboxylic acids is 7. The Morgan fingerprint density at radius 2 is 1.05 bits per heavy atom. The minimum absolute atomic E-state index is 0.0769. The monoisotopic (exact) mass is 814 g/mol. The van der Waals surface area contributed by atoms with Crippen molar-refractivity contribution in [2.75, 3.05) is 13.1 Å². The second kappa shape index (κ2) is 26.0. The number of rotatable bonds is 26. The zero-order valence-corrected chi connectivity index (χ0v) is 34.6. The molecule has 8 atom stereocenters. The number of nitrogens with two attached hydrogens (primary N) is 3. The van der Waals surface area contributed by atoms with Gasteiger partial charge in [-0.2, -0.15) is 0 Å². The fraction of sp³-hybridized carbons (Fsp3) is 0.750. The predicted octanol–water partition coefficient (Wildman–Crippen LogP) is -2.96. The van der Waals surface area contributed by atoms with Gasteiger partial charge in [0.25, 0.3) is 0 Å². The average molecular weight is 814 g/mol. The summed E-state index contributed by atoms with van der Waals surface area (Å²) in [5.74, 6) is -6.95. The quantitative estimate of drug-likeness (QED) is 0.0236. The highest BCUT2D eigenvalue weighted by Gasteiger charge is 2.33. The van der Waals surface area contributed by atoms with Crippen LogP contribution < -0.4 is 54.4 Å². The molecular formula is C36H67N11O10. The van der Waals surface area contributed by atoms with E-state index >= 15 is 0 Å². The highest BCUT2D eigenvalue weighted by Crippen LogP contribution is 2.09. The van der Waals surface area contributed by atoms with Crippen molar-refractivity contribution >= 4 is 53.3 Å². The van der Waals surface area contributed by atoms with E-state index in [9.17, 15) is 48.6 Å². The van der Waals surface area contributed by atoms with Crippen LogP contribution in [-0.4, -0.2) is 125 Å². The lowest BCUT2D eigenvalue weighted by Crippen LogP contribution is -2.60. The molecule has 7 amide bonds. The maximum absolute atomic E-state index is 13.3. The molecule has 0 aromatic rings. The molecule has 326 valence electrons. The topological polar surface area (TPSA) is 352 Å². The van der Waals surface area contributed by atoms with E-state index in [1.807, 2.05) is 13.8 Å². The van der Waals surface area contributed by atoms with Crippen molar-refractivity contribution in [1.82, 2.24) is 37.2 Å². The number of carboxylic acid groups (broad SMARTS) is 1. The van der Waals surface area contributed by atoms with Crippen LogP contribution in [0.25, 0.3) is 0 Å². The van der Waals surface area contributed by atoms with Gasteiger partial charge in [-0.1, -0.05) is 41.5 Å². The first-order chi connectivity index (χ1) is 26.3. The SMILES string of the molecule is CC(C)C[C@H](NC(=O)[C@@H](NC(=O)[C@H](C)NC(=O)[C@H](CC(C)C)NC(=O)CNC(=O)[C@H](CC(C)C)NC(=O)[C@H](CCCN=C(N)N)NC(=O)[C@H](C)N)[C@@H](C)O)C(=O)O. The molecule has 21 heteroatoms. The van der Waals surface area contributed by atoms with Crippen LogP contribution in [0, 0.1) is 17.8 Å². The first-order valence-electron chi connectivity index (χ1n) is 19.2. The summed E-state index contributed by atoms with van der Waals surface area (Å²) in [6.45, 7) is 14.4. The van der Waals surface area contributed by atoms with Crippen LogP contribution in [0.1, 0.15) is 94.4 Å². The van der Waals surface area contributed by atoms with Gasteiger partial charge in [-0.3, -0.25) is 38.6 Å². The summed E-state index contributed by atoms with van der Waals surface area (Å²) in [6.07, 6.45) is -0.565. The maximum Gasteiger partial charge on any atom is 0.326 e. The normalized spacial score (nSPS) is 15.4. The van der Waals surface area contributed by atoms with Crippen LogP contribution in [0.5, 0.6) is 0 Å². The molecule has 0 fully saturated rings. The third-order valence-corrected chi connectivity index (χ3v) is 8.25. The fourth-order valence-electron chi connectivity index (χ4n) is 5.31. The number of hydrogen-bond donors (Lipinski definition) is 12. The second-order valence-electron chi connectivity index (χ2n) is 15.4. The van der Waals surface area contributed by atoms with E-state index in [1.54, 1.807) is 27.7 Å². The van der Waals surface area contributed by atoms with Crippen molar-refractivity contribution in [2.45, 2.75) is 143 Å². The molecule has 21 nitrogen and oxygen atoms in total. The van der Waals surface area contributed by atoms with Crippen LogP contribution in [0.3, 0.4) is 0 Å². The Balaban J connectivity index is 5.69. The standard InChI is InChI=1S/C36H67N11O10/c1-17(2)13-24(45-32(53)23(44-29(50)20(7)37)11-10-12-40-36(38)39)31(52)41-16-27(49)43-25(14-18(3)4)33(54)42-21(8)30(51)47-28(22(9)48)34(55)46-26(35(56)57)15-19(5)6/h17-26,28,48H,10-16,37H2,1-9H3,(H,41,52)(H,42,54)(H,43,49)(H,44,50)(H,45,53)(H,46,55)(H,47,51)(H,56,57)(H4,38,39,40)/t20-,21-,22+,23-,24-,25-,26-,28-/m0/s1. The first-order valence-corrected chi connectivity index (χ1v) is 19.2. The number of guanidine groups is 1. The van der Waals surface area contributed by atoms with Crippen molar-refractivity contribution < 1.29 is 48.6 Å². The van der Waals surface area contributed by atoms with Crippen LogP contribution in [0.2, 0.25) is 0 Å². The molecule has 0 aliphatic rings. The van der Waals surface area contributed by atoms with Gasteiger partial charge in [0.05, 0.1) is 18.7 Å². The summed E-state index contributed by atoms with van der Waals surface area (Å²) in [6, 6.07) is -8.32. The Kier molecular flexibility index (Phi) is 23.7. The Morgan fingerprint density at radius 1 is 0.579 bits per heavy atom. The van der Waals surface area contributed by atoms with Crippen LogP contribution in [0.4, 0.5) is 0 Å². The number of hydrogen-bond acceptors (Lipinski definition) is 11. The average Bonchev–Trinajstić information content (AvgIpc) is 3.08. The van der Waals surface area contributed by atoms with Crippen LogP contribution in [0.15, 0.2) is 4.99 Å². The Bertz CT molecular complexity index is 1400. The molecule has 0 aliphatic heterocycles. The molecule has 0 saturated heterocycles. The number of aliphatic hydroxyl groups excluding tert-OH is 1. The number of carbonyl (C=O) groups is 8. The molecular weight excluding hydrogens is 746 g/mol. The largest absolute Gasteiger partial charge is 0.480 e. The molecule has 0 aromatic heterocycles. The Morgan fingerprint density at radius 3 is 1.53 bits per heavy atom. The minimum atomic E-state index is -1.54. The molecule has 0 aromatic carbocycles. The molecule has 0 unspecified atom stereocenters. The number of aliphatic hydroxyl groups is 1. The van der Waals surface area contributed by atoms with E-state index in [-0.39, 0.29) is 55.9 Å². The second-order valence-corrected chi connectivity index (χ2v) is 15.4. The predicted molar refractivity (Wildman–Crippen MR) is 212 cm³/mol. The van der Waals surface area contributed by atoms with Crippen LogP contribution >= 0.6 is 0 Å². The lowest BCUT2D eigenvalue weighted by atomic mass is 10.0. The molecule has 0 rings (SSSR count). The Labute approximate surface area is 334 Å². The van der Waals surface area contributed by atoms with E-state index in [1.165, 1.54) is 20.8 Å². The zero-order chi connectivity index (χ0) is 44.2. The molecule has 57 heavy (non-hydrogen) atoms. The van der Waals surface area contributed by atoms with Gasteiger partial charge in [0, 0.05) is 6.54 Å². The third-order valence-electron chi connectivity index (χ3n) is 8.25.